The van der Waals surface area contributed by atoms with Crippen molar-refractivity contribution in [3.05, 3.63) is 95.6 Å². The first-order valence-electron chi connectivity index (χ1n) is 10.3. The van der Waals surface area contributed by atoms with Crippen LogP contribution in [0.5, 0.6) is 11.5 Å². The van der Waals surface area contributed by atoms with E-state index >= 15 is 0 Å². The zero-order valence-corrected chi connectivity index (χ0v) is 18.4. The second-order valence-electron chi connectivity index (χ2n) is 8.36. The van der Waals surface area contributed by atoms with Gasteiger partial charge >= 0.3 is 11.9 Å². The Balaban J connectivity index is 1.87. The first-order valence-corrected chi connectivity index (χ1v) is 10.3. The van der Waals surface area contributed by atoms with Crippen molar-refractivity contribution in [3.8, 4) is 11.5 Å². The Morgan fingerprint density at radius 1 is 0.812 bits per heavy atom. The van der Waals surface area contributed by atoms with Gasteiger partial charge in [0.2, 0.25) is 0 Å². The molecule has 0 aliphatic rings. The fraction of sp³-hybridized carbons (Fsp3) is 0.231. The third-order valence-corrected chi connectivity index (χ3v) is 4.60. The van der Waals surface area contributed by atoms with Gasteiger partial charge in [-0.2, -0.15) is 0 Å². The Morgan fingerprint density at radius 2 is 1.31 bits per heavy atom. The minimum Gasteiger partial charge on any atom is -0.419 e. The molecule has 6 heteroatoms. The van der Waals surface area contributed by atoms with Crippen molar-refractivity contribution in [1.29, 1.82) is 0 Å². The van der Waals surface area contributed by atoms with Crippen molar-refractivity contribution in [2.24, 2.45) is 0 Å². The molecule has 0 unspecified atom stereocenters. The molecule has 0 aliphatic carbocycles. The van der Waals surface area contributed by atoms with Crippen LogP contribution in [0, 0.1) is 0 Å². The average molecular weight is 434 g/mol. The lowest BCUT2D eigenvalue weighted by Crippen LogP contribution is -2.38. The SMILES string of the molecule is CC(C)(C)NC[C@H](O)c1ccc(OC(=O)c2ccccc2)c(OC(=O)c2ccccc2)c1. The van der Waals surface area contributed by atoms with E-state index in [1.807, 2.05) is 20.8 Å². The molecule has 3 aromatic carbocycles. The van der Waals surface area contributed by atoms with Gasteiger partial charge in [-0.1, -0.05) is 42.5 Å². The Kier molecular flexibility index (Phi) is 7.41. The van der Waals surface area contributed by atoms with Crippen LogP contribution in [0.2, 0.25) is 0 Å². The molecular formula is C26H27NO5. The van der Waals surface area contributed by atoms with E-state index in [1.54, 1.807) is 66.7 Å². The van der Waals surface area contributed by atoms with Gasteiger partial charge in [0.15, 0.2) is 11.5 Å². The van der Waals surface area contributed by atoms with Crippen LogP contribution in [-0.4, -0.2) is 29.1 Å². The number of aliphatic hydroxyl groups is 1. The number of carbonyl (C=O) groups excluding carboxylic acids is 2. The average Bonchev–Trinajstić information content (AvgIpc) is 2.79. The first kappa shape index (κ1) is 23.2. The molecule has 0 radical (unpaired) electrons. The molecule has 0 fully saturated rings. The molecule has 32 heavy (non-hydrogen) atoms. The van der Waals surface area contributed by atoms with E-state index in [4.69, 9.17) is 9.47 Å². The second-order valence-corrected chi connectivity index (χ2v) is 8.36. The van der Waals surface area contributed by atoms with Crippen LogP contribution in [0.4, 0.5) is 0 Å². The Hall–Kier alpha value is -3.48. The van der Waals surface area contributed by atoms with Crippen molar-refractivity contribution in [3.63, 3.8) is 0 Å². The highest BCUT2D eigenvalue weighted by atomic mass is 16.6. The van der Waals surface area contributed by atoms with Crippen LogP contribution in [0.15, 0.2) is 78.9 Å². The van der Waals surface area contributed by atoms with Crippen molar-refractivity contribution in [1.82, 2.24) is 5.32 Å². The molecule has 0 saturated carbocycles. The maximum absolute atomic E-state index is 12.6. The van der Waals surface area contributed by atoms with Gasteiger partial charge in [0, 0.05) is 12.1 Å². The molecule has 2 N–H and O–H groups in total. The highest BCUT2D eigenvalue weighted by Crippen LogP contribution is 2.32. The molecule has 0 heterocycles. The van der Waals surface area contributed by atoms with Crippen LogP contribution in [0.3, 0.4) is 0 Å². The zero-order chi connectivity index (χ0) is 23.1. The number of benzene rings is 3. The van der Waals surface area contributed by atoms with Gasteiger partial charge in [-0.15, -0.1) is 0 Å². The molecule has 0 aliphatic heterocycles. The molecule has 1 atom stereocenters. The molecule has 6 nitrogen and oxygen atoms in total. The summed E-state index contributed by atoms with van der Waals surface area (Å²) in [6, 6.07) is 21.7. The minimum absolute atomic E-state index is 0.0513. The Labute approximate surface area is 187 Å². The standard InChI is InChI=1S/C26H27NO5/c1-26(2,3)27-17-21(28)20-14-15-22(31-24(29)18-10-6-4-7-11-18)23(16-20)32-25(30)19-12-8-5-9-13-19/h4-16,21,27-28H,17H2,1-3H3/t21-/m0/s1. The summed E-state index contributed by atoms with van der Waals surface area (Å²) < 4.78 is 11.1. The first-order chi connectivity index (χ1) is 15.2. The van der Waals surface area contributed by atoms with E-state index in [1.165, 1.54) is 12.1 Å². The zero-order valence-electron chi connectivity index (χ0n) is 18.4. The molecule has 0 aromatic heterocycles. The summed E-state index contributed by atoms with van der Waals surface area (Å²) in [7, 11) is 0. The van der Waals surface area contributed by atoms with Gasteiger partial charge in [-0.3, -0.25) is 0 Å². The van der Waals surface area contributed by atoms with Crippen molar-refractivity contribution < 1.29 is 24.2 Å². The third-order valence-electron chi connectivity index (χ3n) is 4.60. The smallest absolute Gasteiger partial charge is 0.343 e. The number of carbonyl (C=O) groups is 2. The van der Waals surface area contributed by atoms with Gasteiger partial charge in [-0.25, -0.2) is 9.59 Å². The number of β-amino-alcohol motifs (C(OH)–C–C–N with tert-alkyl or cyclic N) is 1. The Morgan fingerprint density at radius 3 is 1.81 bits per heavy atom. The normalized spacial score (nSPS) is 12.1. The molecule has 0 spiro atoms. The highest BCUT2D eigenvalue weighted by molar-refractivity contribution is 5.93. The lowest BCUT2D eigenvalue weighted by molar-refractivity contribution is 0.0681. The van der Waals surface area contributed by atoms with E-state index in [0.717, 1.165) is 0 Å². The summed E-state index contributed by atoms with van der Waals surface area (Å²) in [6.07, 6.45) is -0.845. The van der Waals surface area contributed by atoms with Crippen molar-refractivity contribution >= 4 is 11.9 Å². The summed E-state index contributed by atoms with van der Waals surface area (Å²) in [5.41, 5.74) is 1.07. The summed E-state index contributed by atoms with van der Waals surface area (Å²) in [5, 5.41) is 13.8. The van der Waals surface area contributed by atoms with Crippen molar-refractivity contribution in [2.75, 3.05) is 6.54 Å². The van der Waals surface area contributed by atoms with Gasteiger partial charge in [0.1, 0.15) is 0 Å². The molecular weight excluding hydrogens is 406 g/mol. The molecule has 0 bridgehead atoms. The summed E-state index contributed by atoms with van der Waals surface area (Å²) in [5.74, 6) is -1.04. The van der Waals surface area contributed by atoms with Gasteiger partial charge in [0.05, 0.1) is 17.2 Å². The van der Waals surface area contributed by atoms with E-state index in [-0.39, 0.29) is 17.0 Å². The second kappa shape index (κ2) is 10.2. The van der Waals surface area contributed by atoms with Gasteiger partial charge in [-0.05, 0) is 62.7 Å². The molecule has 0 saturated heterocycles. The van der Waals surface area contributed by atoms with Gasteiger partial charge < -0.3 is 19.9 Å². The third kappa shape index (κ3) is 6.51. The van der Waals surface area contributed by atoms with Crippen LogP contribution in [0.1, 0.15) is 53.2 Å². The molecule has 0 amide bonds. The number of esters is 2. The summed E-state index contributed by atoms with van der Waals surface area (Å²) in [6.45, 7) is 6.30. The minimum atomic E-state index is -0.845. The Bertz CT molecular complexity index is 1060. The van der Waals surface area contributed by atoms with Crippen molar-refractivity contribution in [2.45, 2.75) is 32.4 Å². The molecule has 3 aromatic rings. The molecule has 166 valence electrons. The fourth-order valence-electron chi connectivity index (χ4n) is 2.88. The highest BCUT2D eigenvalue weighted by Gasteiger charge is 2.20. The predicted molar refractivity (Wildman–Crippen MR) is 122 cm³/mol. The number of rotatable bonds is 7. The van der Waals surface area contributed by atoms with E-state index in [9.17, 15) is 14.7 Å². The number of hydrogen-bond donors (Lipinski definition) is 2. The van der Waals surface area contributed by atoms with Crippen LogP contribution in [0.25, 0.3) is 0 Å². The quantitative estimate of drug-likeness (QED) is 0.420. The number of aliphatic hydroxyl groups excluding tert-OH is 1. The maximum Gasteiger partial charge on any atom is 0.343 e. The van der Waals surface area contributed by atoms with Gasteiger partial charge in [0.25, 0.3) is 0 Å². The lowest BCUT2D eigenvalue weighted by Gasteiger charge is -2.23. The lowest BCUT2D eigenvalue weighted by atomic mass is 10.1. The topological polar surface area (TPSA) is 84.9 Å². The van der Waals surface area contributed by atoms with Crippen LogP contribution in [-0.2, 0) is 0 Å². The monoisotopic (exact) mass is 433 g/mol. The van der Waals surface area contributed by atoms with E-state index in [0.29, 0.717) is 23.2 Å². The van der Waals surface area contributed by atoms with Crippen LogP contribution >= 0.6 is 0 Å². The van der Waals surface area contributed by atoms with E-state index in [2.05, 4.69) is 5.32 Å². The van der Waals surface area contributed by atoms with E-state index < -0.39 is 18.0 Å². The number of nitrogens with one attached hydrogen (secondary N) is 1. The maximum atomic E-state index is 12.6. The van der Waals surface area contributed by atoms with Crippen LogP contribution < -0.4 is 14.8 Å². The summed E-state index contributed by atoms with van der Waals surface area (Å²) >= 11 is 0. The number of ether oxygens (including phenoxy) is 2. The summed E-state index contributed by atoms with van der Waals surface area (Å²) in [4.78, 5) is 25.2. The number of hydrogen-bond acceptors (Lipinski definition) is 6. The largest absolute Gasteiger partial charge is 0.419 e. The fourth-order valence-corrected chi connectivity index (χ4v) is 2.88. The predicted octanol–water partition coefficient (Wildman–Crippen LogP) is 4.55. The molecule has 3 rings (SSSR count).